The van der Waals surface area contributed by atoms with E-state index in [-0.39, 0.29) is 17.2 Å². The molecular weight excluding hydrogens is 286 g/mol. The average molecular weight is 301 g/mol. The van der Waals surface area contributed by atoms with Gasteiger partial charge in [-0.05, 0) is 32.9 Å². The summed E-state index contributed by atoms with van der Waals surface area (Å²) in [5.41, 5.74) is 6.98. The summed E-state index contributed by atoms with van der Waals surface area (Å²) in [7, 11) is 0. The number of nitro groups is 1. The van der Waals surface area contributed by atoms with Crippen molar-refractivity contribution < 1.29 is 9.72 Å². The third-order valence-corrected chi connectivity index (χ3v) is 3.02. The molecule has 2 N–H and O–H groups in total. The molecule has 0 saturated heterocycles. The van der Waals surface area contributed by atoms with Crippen LogP contribution in [0.15, 0.2) is 24.3 Å². The van der Waals surface area contributed by atoms with Crippen molar-refractivity contribution in [1.29, 1.82) is 0 Å². The first-order valence-corrected chi connectivity index (χ1v) is 6.51. The Kier molecular flexibility index (Phi) is 4.31. The Morgan fingerprint density at radius 3 is 2.41 bits per heavy atom. The van der Waals surface area contributed by atoms with Gasteiger partial charge in [0.1, 0.15) is 0 Å². The maximum absolute atomic E-state index is 12.1. The lowest BCUT2D eigenvalue weighted by molar-refractivity contribution is -0.385. The summed E-state index contributed by atoms with van der Waals surface area (Å²) in [6.45, 7) is 5.15. The minimum atomic E-state index is -0.521. The number of amides is 1. The zero-order valence-electron chi connectivity index (χ0n) is 12.4. The van der Waals surface area contributed by atoms with Crippen molar-refractivity contribution >= 4 is 17.5 Å². The van der Waals surface area contributed by atoms with Gasteiger partial charge in [0.05, 0.1) is 10.5 Å². The van der Waals surface area contributed by atoms with E-state index in [0.29, 0.717) is 5.56 Å². The number of carbonyl (C=O) groups excluding carboxylic acids is 1. The predicted molar refractivity (Wildman–Crippen MR) is 80.4 cm³/mol. The molecule has 2 aromatic rings. The number of hydrazine groups is 1. The van der Waals surface area contributed by atoms with Crippen LogP contribution in [0.25, 0.3) is 0 Å². The largest absolute Gasteiger partial charge is 0.273 e. The van der Waals surface area contributed by atoms with Crippen molar-refractivity contribution in [3.63, 3.8) is 0 Å². The number of aromatic nitrogens is 2. The first kappa shape index (κ1) is 15.4. The van der Waals surface area contributed by atoms with Crippen LogP contribution in [0.3, 0.4) is 0 Å². The lowest BCUT2D eigenvalue weighted by Gasteiger charge is -2.10. The van der Waals surface area contributed by atoms with Crippen LogP contribution in [0.1, 0.15) is 27.3 Å². The molecule has 0 aliphatic heterocycles. The number of hydrogen-bond donors (Lipinski definition) is 2. The molecule has 22 heavy (non-hydrogen) atoms. The summed E-state index contributed by atoms with van der Waals surface area (Å²) in [5.74, 6) is -0.238. The van der Waals surface area contributed by atoms with E-state index in [0.717, 1.165) is 11.4 Å². The molecular formula is C14H15N5O3. The highest BCUT2D eigenvalue weighted by Crippen LogP contribution is 2.20. The predicted octanol–water partition coefficient (Wildman–Crippen LogP) is 2.07. The number of rotatable bonds is 4. The Balaban J connectivity index is 2.16. The topological polar surface area (TPSA) is 110 Å². The highest BCUT2D eigenvalue weighted by atomic mass is 16.6. The van der Waals surface area contributed by atoms with E-state index in [2.05, 4.69) is 20.8 Å². The van der Waals surface area contributed by atoms with Crippen LogP contribution < -0.4 is 10.9 Å². The van der Waals surface area contributed by atoms with Gasteiger partial charge in [-0.25, -0.2) is 9.97 Å². The van der Waals surface area contributed by atoms with Gasteiger partial charge >= 0.3 is 0 Å². The molecule has 0 fully saturated rings. The average Bonchev–Trinajstić information content (AvgIpc) is 2.43. The summed E-state index contributed by atoms with van der Waals surface area (Å²) < 4.78 is 0. The molecule has 0 aliphatic rings. The lowest BCUT2D eigenvalue weighted by atomic mass is 10.1. The van der Waals surface area contributed by atoms with E-state index in [4.69, 9.17) is 0 Å². The number of nitrogens with zero attached hydrogens (tertiary/aromatic N) is 3. The minimum absolute atomic E-state index is 0.102. The van der Waals surface area contributed by atoms with E-state index in [1.807, 2.05) is 13.8 Å². The van der Waals surface area contributed by atoms with Crippen LogP contribution in [0.4, 0.5) is 11.6 Å². The highest BCUT2D eigenvalue weighted by molar-refractivity contribution is 5.97. The molecule has 1 heterocycles. The van der Waals surface area contributed by atoms with Crippen molar-refractivity contribution in [2.45, 2.75) is 20.8 Å². The second kappa shape index (κ2) is 6.17. The number of nitro benzene ring substituents is 1. The molecule has 0 bridgehead atoms. The van der Waals surface area contributed by atoms with Crippen LogP contribution in [-0.4, -0.2) is 20.8 Å². The Hall–Kier alpha value is -3.03. The van der Waals surface area contributed by atoms with Gasteiger partial charge in [-0.2, -0.15) is 0 Å². The van der Waals surface area contributed by atoms with Crippen molar-refractivity contribution in [2.75, 3.05) is 5.43 Å². The molecule has 8 heteroatoms. The first-order valence-electron chi connectivity index (χ1n) is 6.51. The minimum Gasteiger partial charge on any atom is -0.267 e. The van der Waals surface area contributed by atoms with Crippen LogP contribution >= 0.6 is 0 Å². The molecule has 0 spiro atoms. The fourth-order valence-corrected chi connectivity index (χ4v) is 2.03. The van der Waals surface area contributed by atoms with Gasteiger partial charge in [-0.15, -0.1) is 0 Å². The van der Waals surface area contributed by atoms with Gasteiger partial charge in [0.2, 0.25) is 5.95 Å². The molecule has 114 valence electrons. The Bertz CT molecular complexity index is 725. The normalized spacial score (nSPS) is 10.1. The Labute approximate surface area is 126 Å². The van der Waals surface area contributed by atoms with Gasteiger partial charge in [0, 0.05) is 23.0 Å². The summed E-state index contributed by atoms with van der Waals surface area (Å²) in [5, 5.41) is 10.9. The fourth-order valence-electron chi connectivity index (χ4n) is 2.03. The molecule has 0 unspecified atom stereocenters. The molecule has 1 amide bonds. The van der Waals surface area contributed by atoms with Crippen LogP contribution in [0.5, 0.6) is 0 Å². The smallest absolute Gasteiger partial charge is 0.267 e. The number of aryl methyl sites for hydroxylation is 2. The van der Waals surface area contributed by atoms with Gasteiger partial charge in [0.25, 0.3) is 11.6 Å². The Morgan fingerprint density at radius 2 is 1.82 bits per heavy atom. The van der Waals surface area contributed by atoms with Crippen molar-refractivity contribution in [2.24, 2.45) is 0 Å². The summed E-state index contributed by atoms with van der Waals surface area (Å²) in [4.78, 5) is 30.7. The van der Waals surface area contributed by atoms with E-state index < -0.39 is 10.8 Å². The van der Waals surface area contributed by atoms with E-state index in [9.17, 15) is 14.9 Å². The summed E-state index contributed by atoms with van der Waals surface area (Å²) >= 11 is 0. The summed E-state index contributed by atoms with van der Waals surface area (Å²) in [6, 6.07) is 6.14. The molecule has 1 aromatic heterocycles. The SMILES string of the molecule is Cc1cc(C)nc(NNC(=O)c2cccc([N+](=O)[O-])c2C)n1. The van der Waals surface area contributed by atoms with Gasteiger partial charge in [0.15, 0.2) is 0 Å². The molecule has 0 radical (unpaired) electrons. The monoisotopic (exact) mass is 301 g/mol. The van der Waals surface area contributed by atoms with Crippen molar-refractivity contribution in [3.05, 3.63) is 56.9 Å². The third kappa shape index (κ3) is 3.35. The molecule has 8 nitrogen and oxygen atoms in total. The maximum Gasteiger partial charge on any atom is 0.273 e. The van der Waals surface area contributed by atoms with E-state index in [1.54, 1.807) is 6.07 Å². The molecule has 0 aliphatic carbocycles. The van der Waals surface area contributed by atoms with Crippen molar-refractivity contribution in [3.8, 4) is 0 Å². The first-order chi connectivity index (χ1) is 10.4. The lowest BCUT2D eigenvalue weighted by Crippen LogP contribution is -2.31. The van der Waals surface area contributed by atoms with Gasteiger partial charge < -0.3 is 0 Å². The highest BCUT2D eigenvalue weighted by Gasteiger charge is 2.17. The quantitative estimate of drug-likeness (QED) is 0.660. The zero-order chi connectivity index (χ0) is 16.3. The number of hydrogen-bond acceptors (Lipinski definition) is 6. The number of nitrogens with one attached hydrogen (secondary N) is 2. The van der Waals surface area contributed by atoms with E-state index in [1.165, 1.54) is 25.1 Å². The van der Waals surface area contributed by atoms with Crippen LogP contribution in [0, 0.1) is 30.9 Å². The number of carbonyl (C=O) groups is 1. The van der Waals surface area contributed by atoms with Gasteiger partial charge in [-0.1, -0.05) is 6.07 Å². The van der Waals surface area contributed by atoms with Crippen LogP contribution in [-0.2, 0) is 0 Å². The fraction of sp³-hybridized carbons (Fsp3) is 0.214. The second-order valence-electron chi connectivity index (χ2n) is 4.76. The zero-order valence-corrected chi connectivity index (χ0v) is 12.4. The Morgan fingerprint density at radius 1 is 1.18 bits per heavy atom. The molecule has 0 atom stereocenters. The molecule has 1 aromatic carbocycles. The third-order valence-electron chi connectivity index (χ3n) is 3.02. The summed E-state index contributed by atoms with van der Waals surface area (Å²) in [6.07, 6.45) is 0. The standard InChI is InChI=1S/C14H15N5O3/c1-8-7-9(2)16-14(15-8)18-17-13(20)11-5-4-6-12(10(11)3)19(21)22/h4-7H,1-3H3,(H,17,20)(H,15,16,18). The van der Waals surface area contributed by atoms with Gasteiger partial charge in [-0.3, -0.25) is 25.8 Å². The maximum atomic E-state index is 12.1. The molecule has 0 saturated carbocycles. The molecule has 2 rings (SSSR count). The number of benzene rings is 1. The second-order valence-corrected chi connectivity index (χ2v) is 4.76. The number of anilines is 1. The van der Waals surface area contributed by atoms with E-state index >= 15 is 0 Å². The van der Waals surface area contributed by atoms with Crippen molar-refractivity contribution in [1.82, 2.24) is 15.4 Å². The van der Waals surface area contributed by atoms with Crippen LogP contribution in [0.2, 0.25) is 0 Å².